The van der Waals surface area contributed by atoms with Gasteiger partial charge in [0.05, 0.1) is 0 Å². The van der Waals surface area contributed by atoms with Crippen LogP contribution in [0.3, 0.4) is 0 Å². The minimum absolute atomic E-state index is 0.0496. The van der Waals surface area contributed by atoms with E-state index in [1.807, 2.05) is 57.2 Å². The Kier molecular flexibility index (Phi) is 6.70. The molecule has 0 unspecified atom stereocenters. The topological polar surface area (TPSA) is 43.4 Å². The van der Waals surface area contributed by atoms with Gasteiger partial charge in [0.2, 0.25) is 0 Å². The summed E-state index contributed by atoms with van der Waals surface area (Å²) >= 11 is 3.35. The molecule has 26 heavy (non-hydrogen) atoms. The molecule has 0 aliphatic carbocycles. The fraction of sp³-hybridized carbons (Fsp3) is 0.182. The maximum atomic E-state index is 12.1. The van der Waals surface area contributed by atoms with Crippen LogP contribution in [0.1, 0.15) is 42.3 Å². The number of carbonyl (C=O) groups excluding carboxylic acids is 2. The predicted molar refractivity (Wildman–Crippen MR) is 109 cm³/mol. The van der Waals surface area contributed by atoms with E-state index in [4.69, 9.17) is 4.74 Å². The first-order valence-electron chi connectivity index (χ1n) is 8.22. The normalized spacial score (nSPS) is 11.8. The summed E-state index contributed by atoms with van der Waals surface area (Å²) in [6.45, 7) is 5.49. The second kappa shape index (κ2) is 8.77. The fourth-order valence-corrected chi connectivity index (χ4v) is 2.36. The molecule has 0 fully saturated rings. The highest BCUT2D eigenvalue weighted by Gasteiger charge is 2.13. The molecular formula is C22H21BrO3. The Morgan fingerprint density at radius 2 is 1.35 bits per heavy atom. The minimum atomic E-state index is -0.503. The zero-order valence-electron chi connectivity index (χ0n) is 15.0. The third-order valence-electron chi connectivity index (χ3n) is 3.31. The molecule has 0 aliphatic heterocycles. The standard InChI is InChI=1S/C22H21BrO3/c1-22(2,3)26-21(25)15-9-17-6-4-16(5-7-17)8-14-20(24)18-10-12-19(23)13-11-18/h4-15H,1-3H3/b14-8+,15-9+. The molecule has 0 aromatic heterocycles. The second-order valence-corrected chi connectivity index (χ2v) is 7.65. The highest BCUT2D eigenvalue weighted by Crippen LogP contribution is 2.13. The average Bonchev–Trinajstić information content (AvgIpc) is 2.58. The number of benzene rings is 2. The molecule has 0 N–H and O–H groups in total. The molecule has 2 aromatic carbocycles. The van der Waals surface area contributed by atoms with E-state index in [9.17, 15) is 9.59 Å². The molecule has 0 radical (unpaired) electrons. The fourth-order valence-electron chi connectivity index (χ4n) is 2.10. The van der Waals surface area contributed by atoms with Crippen molar-refractivity contribution >= 4 is 39.8 Å². The Hall–Kier alpha value is -2.46. The van der Waals surface area contributed by atoms with Crippen molar-refractivity contribution in [3.63, 3.8) is 0 Å². The van der Waals surface area contributed by atoms with Gasteiger partial charge in [0, 0.05) is 16.1 Å². The predicted octanol–water partition coefficient (Wildman–Crippen LogP) is 5.70. The molecule has 2 aromatic rings. The Morgan fingerprint density at radius 1 is 0.846 bits per heavy atom. The Balaban J connectivity index is 1.97. The third-order valence-corrected chi connectivity index (χ3v) is 3.84. The Labute approximate surface area is 162 Å². The van der Waals surface area contributed by atoms with Crippen molar-refractivity contribution < 1.29 is 14.3 Å². The number of ether oxygens (including phenoxy) is 1. The first-order chi connectivity index (χ1) is 12.2. The summed E-state index contributed by atoms with van der Waals surface area (Å²) in [5.41, 5.74) is 1.93. The summed E-state index contributed by atoms with van der Waals surface area (Å²) in [5, 5.41) is 0. The monoisotopic (exact) mass is 412 g/mol. The molecule has 134 valence electrons. The molecular weight excluding hydrogens is 392 g/mol. The van der Waals surface area contributed by atoms with E-state index < -0.39 is 5.60 Å². The zero-order chi connectivity index (χ0) is 19.2. The lowest BCUT2D eigenvalue weighted by molar-refractivity contribution is -0.148. The lowest BCUT2D eigenvalue weighted by Crippen LogP contribution is -2.22. The Bertz CT molecular complexity index is 823. The van der Waals surface area contributed by atoms with Gasteiger partial charge in [-0.2, -0.15) is 0 Å². The highest BCUT2D eigenvalue weighted by molar-refractivity contribution is 9.10. The van der Waals surface area contributed by atoms with Crippen molar-refractivity contribution in [3.05, 3.63) is 81.8 Å². The van der Waals surface area contributed by atoms with Crippen LogP contribution in [-0.2, 0) is 9.53 Å². The Morgan fingerprint density at radius 3 is 1.85 bits per heavy atom. The van der Waals surface area contributed by atoms with E-state index in [-0.39, 0.29) is 11.8 Å². The van der Waals surface area contributed by atoms with Gasteiger partial charge in [-0.05, 0) is 68.3 Å². The quantitative estimate of drug-likeness (QED) is 0.359. The molecule has 0 heterocycles. The summed E-state index contributed by atoms with van der Waals surface area (Å²) in [6.07, 6.45) is 6.43. The van der Waals surface area contributed by atoms with E-state index in [2.05, 4.69) is 15.9 Å². The third kappa shape index (κ3) is 6.81. The maximum absolute atomic E-state index is 12.1. The average molecular weight is 413 g/mol. The van der Waals surface area contributed by atoms with Gasteiger partial charge >= 0.3 is 5.97 Å². The number of allylic oxidation sites excluding steroid dienone is 1. The largest absolute Gasteiger partial charge is 0.457 e. The van der Waals surface area contributed by atoms with Gasteiger partial charge in [-0.25, -0.2) is 4.79 Å². The second-order valence-electron chi connectivity index (χ2n) is 6.74. The van der Waals surface area contributed by atoms with Crippen LogP contribution in [0.2, 0.25) is 0 Å². The van der Waals surface area contributed by atoms with E-state index in [1.54, 1.807) is 30.4 Å². The smallest absolute Gasteiger partial charge is 0.331 e. The highest BCUT2D eigenvalue weighted by atomic mass is 79.9. The van der Waals surface area contributed by atoms with Gasteiger partial charge in [0.1, 0.15) is 5.60 Å². The molecule has 0 amide bonds. The van der Waals surface area contributed by atoms with Crippen molar-refractivity contribution in [2.75, 3.05) is 0 Å². The first-order valence-corrected chi connectivity index (χ1v) is 9.01. The number of halogens is 1. The van der Waals surface area contributed by atoms with Gasteiger partial charge in [0.15, 0.2) is 5.78 Å². The molecule has 3 nitrogen and oxygen atoms in total. The van der Waals surface area contributed by atoms with Gasteiger partial charge in [0.25, 0.3) is 0 Å². The first kappa shape index (κ1) is 19.9. The van der Waals surface area contributed by atoms with Crippen LogP contribution in [0.5, 0.6) is 0 Å². The summed E-state index contributed by atoms with van der Waals surface area (Å²) in [7, 11) is 0. The summed E-state index contributed by atoms with van der Waals surface area (Å²) in [6, 6.07) is 14.8. The van der Waals surface area contributed by atoms with Crippen molar-refractivity contribution in [3.8, 4) is 0 Å². The number of ketones is 1. The molecule has 0 aliphatic rings. The number of esters is 1. The van der Waals surface area contributed by atoms with Crippen molar-refractivity contribution in [2.24, 2.45) is 0 Å². The van der Waals surface area contributed by atoms with Crippen molar-refractivity contribution in [2.45, 2.75) is 26.4 Å². The van der Waals surface area contributed by atoms with Gasteiger partial charge in [-0.3, -0.25) is 4.79 Å². The lowest BCUT2D eigenvalue weighted by atomic mass is 10.1. The van der Waals surface area contributed by atoms with Crippen LogP contribution in [0.4, 0.5) is 0 Å². The molecule has 0 atom stereocenters. The number of hydrogen-bond donors (Lipinski definition) is 0. The van der Waals surface area contributed by atoms with E-state index in [0.717, 1.165) is 15.6 Å². The van der Waals surface area contributed by atoms with Crippen LogP contribution < -0.4 is 0 Å². The summed E-state index contributed by atoms with van der Waals surface area (Å²) < 4.78 is 6.16. The minimum Gasteiger partial charge on any atom is -0.457 e. The van der Waals surface area contributed by atoms with Crippen LogP contribution in [0, 0.1) is 0 Å². The lowest BCUT2D eigenvalue weighted by Gasteiger charge is -2.17. The number of hydrogen-bond acceptors (Lipinski definition) is 3. The van der Waals surface area contributed by atoms with Crippen LogP contribution >= 0.6 is 15.9 Å². The van der Waals surface area contributed by atoms with Crippen LogP contribution in [-0.4, -0.2) is 17.4 Å². The van der Waals surface area contributed by atoms with Crippen molar-refractivity contribution in [1.82, 2.24) is 0 Å². The van der Waals surface area contributed by atoms with E-state index in [0.29, 0.717) is 5.56 Å². The molecule has 0 saturated carbocycles. The van der Waals surface area contributed by atoms with Crippen molar-refractivity contribution in [1.29, 1.82) is 0 Å². The maximum Gasteiger partial charge on any atom is 0.331 e. The molecule has 0 spiro atoms. The van der Waals surface area contributed by atoms with Crippen LogP contribution in [0.15, 0.2) is 65.2 Å². The zero-order valence-corrected chi connectivity index (χ0v) is 16.6. The number of rotatable bonds is 5. The molecule has 2 rings (SSSR count). The summed E-state index contributed by atoms with van der Waals surface area (Å²) in [4.78, 5) is 23.8. The van der Waals surface area contributed by atoms with Gasteiger partial charge < -0.3 is 4.74 Å². The SMILES string of the molecule is CC(C)(C)OC(=O)/C=C/c1ccc(/C=C/C(=O)c2ccc(Br)cc2)cc1. The van der Waals surface area contributed by atoms with E-state index in [1.165, 1.54) is 6.08 Å². The van der Waals surface area contributed by atoms with Gasteiger partial charge in [-0.1, -0.05) is 46.3 Å². The molecule has 0 bridgehead atoms. The summed E-state index contributed by atoms with van der Waals surface area (Å²) in [5.74, 6) is -0.423. The van der Waals surface area contributed by atoms with Crippen LogP contribution in [0.25, 0.3) is 12.2 Å². The molecule has 0 saturated heterocycles. The molecule has 4 heteroatoms. The van der Waals surface area contributed by atoms with E-state index >= 15 is 0 Å². The van der Waals surface area contributed by atoms with Gasteiger partial charge in [-0.15, -0.1) is 0 Å². The number of carbonyl (C=O) groups is 2.